The molecule has 4 aliphatic rings. The normalized spacial score (nSPS) is 34.6. The molecule has 242 valence electrons. The van der Waals surface area contributed by atoms with Gasteiger partial charge in [-0.1, -0.05) is 32.4 Å². The number of rotatable bonds is 5. The first-order valence-electron chi connectivity index (χ1n) is 15.4. The van der Waals surface area contributed by atoms with Crippen molar-refractivity contribution in [1.29, 1.82) is 0 Å². The molecule has 2 heterocycles. The highest BCUT2D eigenvalue weighted by molar-refractivity contribution is 7.91. The molecule has 7 atom stereocenters. The minimum atomic E-state index is -3.96. The van der Waals surface area contributed by atoms with Crippen LogP contribution in [0.2, 0.25) is 0 Å². The van der Waals surface area contributed by atoms with Crippen molar-refractivity contribution < 1.29 is 37.8 Å². The summed E-state index contributed by atoms with van der Waals surface area (Å²) in [6.45, 7) is 10.6. The topological polar surface area (TPSA) is 173 Å². The van der Waals surface area contributed by atoms with Crippen molar-refractivity contribution in [3.63, 3.8) is 0 Å². The number of allylic oxidation sites excluding steroid dienone is 1. The molecule has 0 unspecified atom stereocenters. The Kier molecular flexibility index (Phi) is 9.03. The fourth-order valence-corrected chi connectivity index (χ4v) is 7.99. The van der Waals surface area contributed by atoms with Gasteiger partial charge in [-0.3, -0.25) is 24.0 Å². The zero-order valence-electron chi connectivity index (χ0n) is 26.1. The summed E-state index contributed by atoms with van der Waals surface area (Å²) in [5, 5.41) is 23.7. The largest absolute Gasteiger partial charge is 0.465 e. The Balaban J connectivity index is 1.73. The van der Waals surface area contributed by atoms with Crippen molar-refractivity contribution in [1.82, 2.24) is 19.8 Å². The van der Waals surface area contributed by atoms with E-state index in [2.05, 4.69) is 17.0 Å². The Hall–Kier alpha value is -2.67. The Labute approximate surface area is 254 Å². The van der Waals surface area contributed by atoms with Gasteiger partial charge in [0.15, 0.2) is 0 Å². The van der Waals surface area contributed by atoms with Gasteiger partial charge in [-0.15, -0.1) is 0 Å². The third-order valence-corrected chi connectivity index (χ3v) is 12.0. The smallest absolute Gasteiger partial charge is 0.408 e. The summed E-state index contributed by atoms with van der Waals surface area (Å²) in [6, 6.07) is -2.25. The minimum absolute atomic E-state index is 0.0886. The molecular formula is C30H48N4O8S. The van der Waals surface area contributed by atoms with Gasteiger partial charge in [0.2, 0.25) is 21.8 Å². The summed E-state index contributed by atoms with van der Waals surface area (Å²) in [5.41, 5.74) is -2.44. The number of carbonyl (C=O) groups is 4. The predicted molar refractivity (Wildman–Crippen MR) is 159 cm³/mol. The molecule has 4 amide bonds. The van der Waals surface area contributed by atoms with E-state index in [0.717, 1.165) is 6.42 Å². The SMILES string of the molecule is CC[C@@H]1C[C@H](C)CCC=C[C@@H]2C[C@@]2(C(=O)NS(=O)(=O)C2(C)CC2)NC(=O)[C@@H]2C[C@@H](O)CN2C(=O)[C@H]1N(C(=O)O)C(C)(C)C. The molecule has 2 aliphatic heterocycles. The molecule has 43 heavy (non-hydrogen) atoms. The predicted octanol–water partition coefficient (Wildman–Crippen LogP) is 2.37. The zero-order chi connectivity index (χ0) is 32.1. The number of carbonyl (C=O) groups excluding carboxylic acids is 3. The number of nitrogens with one attached hydrogen (secondary N) is 2. The second kappa shape index (κ2) is 11.7. The molecular weight excluding hydrogens is 576 g/mol. The maximum atomic E-state index is 14.4. The number of hydrogen-bond acceptors (Lipinski definition) is 7. The Bertz CT molecular complexity index is 1270. The highest BCUT2D eigenvalue weighted by Gasteiger charge is 2.63. The van der Waals surface area contributed by atoms with Crippen LogP contribution in [0.25, 0.3) is 0 Å². The molecule has 0 spiro atoms. The van der Waals surface area contributed by atoms with Gasteiger partial charge in [-0.05, 0) is 78.1 Å². The van der Waals surface area contributed by atoms with Gasteiger partial charge in [0.05, 0.1) is 10.9 Å². The molecule has 4 rings (SSSR count). The fraction of sp³-hybridized carbons (Fsp3) is 0.800. The first-order chi connectivity index (χ1) is 19.9. The van der Waals surface area contributed by atoms with E-state index in [4.69, 9.17) is 0 Å². The van der Waals surface area contributed by atoms with Crippen molar-refractivity contribution in [2.24, 2.45) is 17.8 Å². The number of carboxylic acid groups (broad SMARTS) is 1. The molecule has 0 aromatic rings. The lowest BCUT2D eigenvalue weighted by atomic mass is 9.82. The van der Waals surface area contributed by atoms with E-state index in [9.17, 15) is 37.8 Å². The van der Waals surface area contributed by atoms with Crippen LogP contribution in [0, 0.1) is 17.8 Å². The summed E-state index contributed by atoms with van der Waals surface area (Å²) in [7, 11) is -3.96. The van der Waals surface area contributed by atoms with Crippen molar-refractivity contribution in [2.75, 3.05) is 6.54 Å². The van der Waals surface area contributed by atoms with E-state index in [1.165, 1.54) is 9.80 Å². The maximum absolute atomic E-state index is 14.4. The van der Waals surface area contributed by atoms with E-state index in [0.29, 0.717) is 32.1 Å². The molecule has 4 N–H and O–H groups in total. The van der Waals surface area contributed by atoms with Crippen molar-refractivity contribution in [2.45, 2.75) is 127 Å². The number of hydrogen-bond donors (Lipinski definition) is 4. The molecule has 0 bridgehead atoms. The molecule has 2 aliphatic carbocycles. The molecule has 3 fully saturated rings. The third-order valence-electron chi connectivity index (χ3n) is 9.79. The molecule has 13 heteroatoms. The second-order valence-corrected chi connectivity index (χ2v) is 16.5. The number of fused-ring (bicyclic) bond motifs is 2. The summed E-state index contributed by atoms with van der Waals surface area (Å²) in [4.78, 5) is 56.9. The Morgan fingerprint density at radius 3 is 2.42 bits per heavy atom. The molecule has 0 aromatic carbocycles. The lowest BCUT2D eigenvalue weighted by Gasteiger charge is -2.44. The number of aliphatic hydroxyl groups excluding tert-OH is 1. The van der Waals surface area contributed by atoms with Gasteiger partial charge < -0.3 is 20.4 Å². The number of sulfonamides is 1. The van der Waals surface area contributed by atoms with Gasteiger partial charge in [0, 0.05) is 24.4 Å². The fourth-order valence-electron chi connectivity index (χ4n) is 6.68. The summed E-state index contributed by atoms with van der Waals surface area (Å²) in [6.07, 6.45) is 5.03. The first-order valence-corrected chi connectivity index (χ1v) is 16.9. The number of aliphatic hydroxyl groups is 1. The van der Waals surface area contributed by atoms with Crippen LogP contribution >= 0.6 is 0 Å². The van der Waals surface area contributed by atoms with Gasteiger partial charge in [0.1, 0.15) is 17.6 Å². The standard InChI is InChI=1S/C30H48N4O8S/c1-7-19-14-18(2)10-8-9-11-20-16-30(20,26(38)32-43(41,42)29(6)12-13-29)31-24(36)22-15-21(35)17-33(22)25(37)23(19)34(27(39)40)28(3,4)5/h9,11,18-23,35H,7-8,10,12-17H2,1-6H3,(H,31,36)(H,32,38)(H,39,40)/t18-,19-,20-,21-,22+,23+,30-/m1/s1. The van der Waals surface area contributed by atoms with Crippen LogP contribution < -0.4 is 10.0 Å². The minimum Gasteiger partial charge on any atom is -0.465 e. The van der Waals surface area contributed by atoms with Crippen LogP contribution in [0.15, 0.2) is 12.2 Å². The third kappa shape index (κ3) is 6.57. The Morgan fingerprint density at radius 2 is 1.86 bits per heavy atom. The monoisotopic (exact) mass is 624 g/mol. The van der Waals surface area contributed by atoms with Crippen molar-refractivity contribution >= 4 is 33.8 Å². The molecule has 1 saturated heterocycles. The van der Waals surface area contributed by atoms with E-state index in [-0.39, 0.29) is 31.2 Å². The molecule has 0 radical (unpaired) electrons. The van der Waals surface area contributed by atoms with Gasteiger partial charge in [-0.25, -0.2) is 13.2 Å². The van der Waals surface area contributed by atoms with Crippen LogP contribution in [0.5, 0.6) is 0 Å². The second-order valence-electron chi connectivity index (χ2n) is 14.3. The van der Waals surface area contributed by atoms with Gasteiger partial charge in [-0.2, -0.15) is 0 Å². The lowest BCUT2D eigenvalue weighted by molar-refractivity contribution is -0.146. The van der Waals surface area contributed by atoms with E-state index in [1.807, 2.05) is 19.1 Å². The van der Waals surface area contributed by atoms with Crippen molar-refractivity contribution in [3.05, 3.63) is 12.2 Å². The molecule has 2 saturated carbocycles. The average molecular weight is 625 g/mol. The van der Waals surface area contributed by atoms with Gasteiger partial charge in [0.25, 0.3) is 5.91 Å². The van der Waals surface area contributed by atoms with E-state index in [1.54, 1.807) is 27.7 Å². The van der Waals surface area contributed by atoms with E-state index >= 15 is 0 Å². The number of amides is 4. The van der Waals surface area contributed by atoms with Crippen LogP contribution in [0.1, 0.15) is 92.9 Å². The summed E-state index contributed by atoms with van der Waals surface area (Å²) < 4.78 is 27.0. The Morgan fingerprint density at radius 1 is 1.21 bits per heavy atom. The average Bonchev–Trinajstić information content (AvgIpc) is 3.77. The van der Waals surface area contributed by atoms with Crippen LogP contribution in [0.4, 0.5) is 4.79 Å². The summed E-state index contributed by atoms with van der Waals surface area (Å²) in [5.74, 6) is -2.69. The zero-order valence-corrected chi connectivity index (χ0v) is 26.9. The molecule has 12 nitrogen and oxygen atoms in total. The van der Waals surface area contributed by atoms with Crippen LogP contribution in [-0.4, -0.2) is 92.8 Å². The number of nitrogens with zero attached hydrogens (tertiary/aromatic N) is 2. The van der Waals surface area contributed by atoms with Gasteiger partial charge >= 0.3 is 6.09 Å². The van der Waals surface area contributed by atoms with Crippen molar-refractivity contribution in [3.8, 4) is 0 Å². The molecule has 0 aromatic heterocycles. The highest BCUT2D eigenvalue weighted by Crippen LogP contribution is 2.47. The quantitative estimate of drug-likeness (QED) is 0.338. The first kappa shape index (κ1) is 33.2. The highest BCUT2D eigenvalue weighted by atomic mass is 32.2. The maximum Gasteiger partial charge on any atom is 0.408 e. The van der Waals surface area contributed by atoms with E-state index < -0.39 is 73.8 Å². The lowest BCUT2D eigenvalue weighted by Crippen LogP contribution is -2.62. The van der Waals surface area contributed by atoms with Crippen LogP contribution in [0.3, 0.4) is 0 Å². The van der Waals surface area contributed by atoms with Crippen LogP contribution in [-0.2, 0) is 24.4 Å². The summed E-state index contributed by atoms with van der Waals surface area (Å²) >= 11 is 0.